The van der Waals surface area contributed by atoms with E-state index >= 15 is 0 Å². The molecule has 13 heteroatoms. The van der Waals surface area contributed by atoms with Crippen LogP contribution in [0.5, 0.6) is 0 Å². The van der Waals surface area contributed by atoms with E-state index in [1.165, 1.54) is 24.1 Å². The largest absolute Gasteiger partial charge is 0.387 e. The normalized spacial score (nSPS) is 21.6. The fourth-order valence-corrected chi connectivity index (χ4v) is 4.18. The molecule has 0 unspecified atom stereocenters. The van der Waals surface area contributed by atoms with Gasteiger partial charge < -0.3 is 25.6 Å². The Balaban J connectivity index is 1.58. The van der Waals surface area contributed by atoms with Crippen molar-refractivity contribution in [3.05, 3.63) is 59.4 Å². The van der Waals surface area contributed by atoms with Crippen LogP contribution in [-0.2, 0) is 16.1 Å². The summed E-state index contributed by atoms with van der Waals surface area (Å²) in [5.41, 5.74) is 3.15. The van der Waals surface area contributed by atoms with Crippen molar-refractivity contribution >= 4 is 34.5 Å². The number of amides is 1. The van der Waals surface area contributed by atoms with E-state index in [9.17, 15) is 15.0 Å². The predicted molar refractivity (Wildman–Crippen MR) is 130 cm³/mol. The number of aliphatic hydroxyl groups is 2. The van der Waals surface area contributed by atoms with Crippen LogP contribution in [0.1, 0.15) is 17.5 Å². The maximum Gasteiger partial charge on any atom is 0.251 e. The van der Waals surface area contributed by atoms with Crippen LogP contribution >= 0.6 is 11.6 Å². The Labute approximate surface area is 210 Å². The van der Waals surface area contributed by atoms with E-state index in [0.717, 1.165) is 11.3 Å². The van der Waals surface area contributed by atoms with Crippen LogP contribution < -0.4 is 10.6 Å². The molecule has 186 valence electrons. The molecule has 1 amide bonds. The average Bonchev–Trinajstić information content (AvgIpc) is 3.43. The highest BCUT2D eigenvalue weighted by molar-refractivity contribution is 6.30. The van der Waals surface area contributed by atoms with Gasteiger partial charge in [-0.1, -0.05) is 11.6 Å². The van der Waals surface area contributed by atoms with Gasteiger partial charge in [0.2, 0.25) is 0 Å². The van der Waals surface area contributed by atoms with E-state index in [0.29, 0.717) is 39.9 Å². The number of carbonyl (C=O) groups is 1. The highest BCUT2D eigenvalue weighted by Crippen LogP contribution is 2.33. The lowest BCUT2D eigenvalue weighted by Gasteiger charge is -2.17. The van der Waals surface area contributed by atoms with E-state index in [1.54, 1.807) is 18.5 Å². The maximum atomic E-state index is 12.1. The van der Waals surface area contributed by atoms with Crippen molar-refractivity contribution in [2.75, 3.05) is 12.4 Å². The predicted octanol–water partition coefficient (Wildman–Crippen LogP) is 1.22. The summed E-state index contributed by atoms with van der Waals surface area (Å²) in [7, 11) is 1.42. The van der Waals surface area contributed by atoms with Gasteiger partial charge in [-0.2, -0.15) is 0 Å². The number of fused-ring (bicyclic) bond motifs is 1. The van der Waals surface area contributed by atoms with Crippen LogP contribution in [0.4, 0.5) is 5.82 Å². The third-order valence-electron chi connectivity index (χ3n) is 5.81. The number of hydrogen-bond acceptors (Lipinski definition) is 10. The Hall–Kier alpha value is -3.71. The molecule has 5 rings (SSSR count). The lowest BCUT2D eigenvalue weighted by Crippen LogP contribution is -2.41. The average molecular weight is 511 g/mol. The molecule has 1 saturated heterocycles. The van der Waals surface area contributed by atoms with Crippen LogP contribution in [0.25, 0.3) is 22.6 Å². The standard InChI is InChI=1S/C23H23ClN8O4/c1-11-3-4-27-14(5-11)9-28-20-15-21(31-19(30-20)12-6-13(24)8-26-7-12)32(10-29-15)23-17(34)16(33)18(36-23)22(35)25-2/h3-8,10,16-18,23,33-34H,9H2,1-2H3,(H,25,35)(H,28,30,31)/t16-,17+,18-,23+/m0/s1. The van der Waals surface area contributed by atoms with Crippen molar-refractivity contribution < 1.29 is 19.7 Å². The number of rotatable bonds is 6. The molecule has 0 saturated carbocycles. The van der Waals surface area contributed by atoms with E-state index in [-0.39, 0.29) is 0 Å². The molecule has 4 N–H and O–H groups in total. The van der Waals surface area contributed by atoms with E-state index in [1.807, 2.05) is 19.1 Å². The van der Waals surface area contributed by atoms with Gasteiger partial charge in [0.25, 0.3) is 5.91 Å². The number of imidazole rings is 1. The zero-order chi connectivity index (χ0) is 25.4. The number of ether oxygens (including phenoxy) is 1. The van der Waals surface area contributed by atoms with Gasteiger partial charge in [-0.05, 0) is 30.7 Å². The molecule has 1 aliphatic heterocycles. The lowest BCUT2D eigenvalue weighted by atomic mass is 10.1. The van der Waals surface area contributed by atoms with Gasteiger partial charge in [0.05, 0.1) is 23.6 Å². The lowest BCUT2D eigenvalue weighted by molar-refractivity contribution is -0.137. The molecule has 0 aliphatic carbocycles. The van der Waals surface area contributed by atoms with Crippen molar-refractivity contribution in [3.8, 4) is 11.4 Å². The highest BCUT2D eigenvalue weighted by Gasteiger charge is 2.47. The zero-order valence-corrected chi connectivity index (χ0v) is 20.1. The number of hydrogen-bond donors (Lipinski definition) is 4. The van der Waals surface area contributed by atoms with Crippen LogP contribution in [0.3, 0.4) is 0 Å². The Bertz CT molecular complexity index is 1430. The number of nitrogens with zero attached hydrogens (tertiary/aromatic N) is 6. The number of pyridine rings is 2. The number of anilines is 1. The van der Waals surface area contributed by atoms with E-state index < -0.39 is 30.4 Å². The highest BCUT2D eigenvalue weighted by atomic mass is 35.5. The molecule has 4 aromatic heterocycles. The quantitative estimate of drug-likeness (QED) is 0.297. The summed E-state index contributed by atoms with van der Waals surface area (Å²) < 4.78 is 7.19. The summed E-state index contributed by atoms with van der Waals surface area (Å²) in [6, 6.07) is 5.54. The number of nitrogens with one attached hydrogen (secondary N) is 2. The molecule has 5 heterocycles. The molecule has 1 fully saturated rings. The Morgan fingerprint density at radius 2 is 2.03 bits per heavy atom. The molecule has 4 aromatic rings. The summed E-state index contributed by atoms with van der Waals surface area (Å²) in [6.07, 6.45) is 1.02. The van der Waals surface area contributed by atoms with Gasteiger partial charge >= 0.3 is 0 Å². The summed E-state index contributed by atoms with van der Waals surface area (Å²) >= 11 is 6.14. The smallest absolute Gasteiger partial charge is 0.251 e. The molecular formula is C23H23ClN8O4. The maximum absolute atomic E-state index is 12.1. The van der Waals surface area contributed by atoms with Gasteiger partial charge in [-0.15, -0.1) is 0 Å². The molecule has 0 radical (unpaired) electrons. The van der Waals surface area contributed by atoms with Crippen LogP contribution in [-0.4, -0.2) is 71.0 Å². The van der Waals surface area contributed by atoms with E-state index in [4.69, 9.17) is 16.3 Å². The summed E-state index contributed by atoms with van der Waals surface area (Å²) in [4.78, 5) is 34.3. The fraction of sp³-hybridized carbons (Fsp3) is 0.304. The fourth-order valence-electron chi connectivity index (χ4n) is 4.01. The second kappa shape index (κ2) is 9.74. The van der Waals surface area contributed by atoms with Gasteiger partial charge in [0, 0.05) is 31.2 Å². The number of aryl methyl sites for hydroxylation is 1. The van der Waals surface area contributed by atoms with E-state index in [2.05, 4.69) is 35.6 Å². The molecule has 12 nitrogen and oxygen atoms in total. The molecule has 1 aliphatic rings. The van der Waals surface area contributed by atoms with Gasteiger partial charge in [-0.3, -0.25) is 19.3 Å². The first-order chi connectivity index (χ1) is 17.4. The number of aliphatic hydroxyl groups excluding tert-OH is 2. The SMILES string of the molecule is CNC(=O)[C@H]1O[C@@H](n2cnc3c(NCc4cc(C)ccn4)nc(-c4cncc(Cl)c4)nc32)[C@H](O)[C@@H]1O. The topological polar surface area (TPSA) is 160 Å². The van der Waals surface area contributed by atoms with Gasteiger partial charge in [-0.25, -0.2) is 15.0 Å². The zero-order valence-electron chi connectivity index (χ0n) is 19.3. The summed E-state index contributed by atoms with van der Waals surface area (Å²) in [6.45, 7) is 2.35. The number of halogens is 1. The Kier molecular flexibility index (Phi) is 6.49. The molecule has 0 aromatic carbocycles. The van der Waals surface area contributed by atoms with Crippen molar-refractivity contribution in [2.24, 2.45) is 0 Å². The van der Waals surface area contributed by atoms with Crippen molar-refractivity contribution in [1.29, 1.82) is 0 Å². The Morgan fingerprint density at radius 1 is 1.19 bits per heavy atom. The van der Waals surface area contributed by atoms with Crippen LogP contribution in [0.2, 0.25) is 5.02 Å². The van der Waals surface area contributed by atoms with Crippen LogP contribution in [0.15, 0.2) is 43.1 Å². The summed E-state index contributed by atoms with van der Waals surface area (Å²) in [5.74, 6) is 0.157. The van der Waals surface area contributed by atoms with Crippen molar-refractivity contribution in [1.82, 2.24) is 34.8 Å². The minimum Gasteiger partial charge on any atom is -0.387 e. The summed E-state index contributed by atoms with van der Waals surface area (Å²) in [5, 5.41) is 27.2. The second-order valence-electron chi connectivity index (χ2n) is 8.33. The van der Waals surface area contributed by atoms with Crippen LogP contribution in [0, 0.1) is 6.92 Å². The molecule has 36 heavy (non-hydrogen) atoms. The molecule has 4 atom stereocenters. The third kappa shape index (κ3) is 4.46. The number of likely N-dealkylation sites (N-methyl/N-ethyl adjacent to an activating group) is 1. The number of carbonyl (C=O) groups excluding carboxylic acids is 1. The third-order valence-corrected chi connectivity index (χ3v) is 6.02. The van der Waals surface area contributed by atoms with Crippen molar-refractivity contribution in [3.63, 3.8) is 0 Å². The Morgan fingerprint density at radius 3 is 2.78 bits per heavy atom. The second-order valence-corrected chi connectivity index (χ2v) is 8.77. The number of aromatic nitrogens is 6. The monoisotopic (exact) mass is 510 g/mol. The first-order valence-electron chi connectivity index (χ1n) is 11.1. The molecule has 0 spiro atoms. The van der Waals surface area contributed by atoms with Crippen molar-refractivity contribution in [2.45, 2.75) is 38.0 Å². The molecule has 0 bridgehead atoms. The van der Waals surface area contributed by atoms with Gasteiger partial charge in [0.15, 0.2) is 35.1 Å². The first-order valence-corrected chi connectivity index (χ1v) is 11.5. The first kappa shape index (κ1) is 24.0. The molecular weight excluding hydrogens is 488 g/mol. The minimum absolute atomic E-state index is 0.301. The minimum atomic E-state index is -1.43. The van der Waals surface area contributed by atoms with Gasteiger partial charge in [0.1, 0.15) is 12.2 Å².